The van der Waals surface area contributed by atoms with Gasteiger partial charge in [-0.3, -0.25) is 4.90 Å². The van der Waals surface area contributed by atoms with E-state index in [1.165, 1.54) is 0 Å². The maximum atomic E-state index is 12.7. The van der Waals surface area contributed by atoms with E-state index in [9.17, 15) is 8.42 Å². The molecule has 2 rings (SSSR count). The summed E-state index contributed by atoms with van der Waals surface area (Å²) in [4.78, 5) is 2.60. The SMILES string of the molecule is CC1CN(S(=O)(=O)c2ccc(CBr)cc2)CC(C)N1C. The molecule has 1 aliphatic rings. The highest BCUT2D eigenvalue weighted by molar-refractivity contribution is 9.08. The fraction of sp³-hybridized carbons (Fsp3) is 0.571. The second-order valence-electron chi connectivity index (χ2n) is 5.46. The second kappa shape index (κ2) is 6.13. The molecule has 0 N–H and O–H groups in total. The van der Waals surface area contributed by atoms with Crippen molar-refractivity contribution in [2.75, 3.05) is 20.1 Å². The van der Waals surface area contributed by atoms with Crippen LogP contribution in [0.4, 0.5) is 0 Å². The van der Waals surface area contributed by atoms with Crippen LogP contribution < -0.4 is 0 Å². The van der Waals surface area contributed by atoms with Crippen LogP contribution >= 0.6 is 15.9 Å². The lowest BCUT2D eigenvalue weighted by atomic mass is 10.1. The number of likely N-dealkylation sites (N-methyl/N-ethyl adjacent to an activating group) is 1. The predicted octanol–water partition coefficient (Wildman–Crippen LogP) is 2.29. The number of hydrogen-bond acceptors (Lipinski definition) is 3. The van der Waals surface area contributed by atoms with Gasteiger partial charge in [0.1, 0.15) is 0 Å². The zero-order valence-electron chi connectivity index (χ0n) is 12.1. The van der Waals surface area contributed by atoms with E-state index in [2.05, 4.69) is 34.7 Å². The molecule has 1 fully saturated rings. The van der Waals surface area contributed by atoms with Crippen molar-refractivity contribution in [1.29, 1.82) is 0 Å². The minimum atomic E-state index is -3.38. The zero-order valence-corrected chi connectivity index (χ0v) is 14.5. The van der Waals surface area contributed by atoms with Crippen LogP contribution in [0.1, 0.15) is 19.4 Å². The van der Waals surface area contributed by atoms with Gasteiger partial charge in [0.25, 0.3) is 0 Å². The van der Waals surface area contributed by atoms with Gasteiger partial charge < -0.3 is 0 Å². The molecule has 0 aliphatic carbocycles. The lowest BCUT2D eigenvalue weighted by Gasteiger charge is -2.41. The van der Waals surface area contributed by atoms with Gasteiger partial charge >= 0.3 is 0 Å². The Kier molecular flexibility index (Phi) is 4.89. The standard InChI is InChI=1S/C14H21BrN2O2S/c1-11-9-17(10-12(2)16(11)3)20(18,19)14-6-4-13(8-15)5-7-14/h4-7,11-12H,8-10H2,1-3H3. The van der Waals surface area contributed by atoms with Crippen molar-refractivity contribution in [3.8, 4) is 0 Å². The van der Waals surface area contributed by atoms with E-state index < -0.39 is 10.0 Å². The highest BCUT2D eigenvalue weighted by Crippen LogP contribution is 2.22. The molecule has 0 spiro atoms. The summed E-state index contributed by atoms with van der Waals surface area (Å²) in [6.07, 6.45) is 0. The highest BCUT2D eigenvalue weighted by Gasteiger charge is 2.34. The van der Waals surface area contributed by atoms with Crippen LogP contribution in [-0.4, -0.2) is 49.8 Å². The van der Waals surface area contributed by atoms with Gasteiger partial charge in [-0.2, -0.15) is 4.31 Å². The minimum Gasteiger partial charge on any atom is -0.298 e. The zero-order chi connectivity index (χ0) is 14.9. The van der Waals surface area contributed by atoms with E-state index >= 15 is 0 Å². The summed E-state index contributed by atoms with van der Waals surface area (Å²) in [6, 6.07) is 7.56. The largest absolute Gasteiger partial charge is 0.298 e. The molecule has 1 saturated heterocycles. The van der Waals surface area contributed by atoms with E-state index in [-0.39, 0.29) is 12.1 Å². The van der Waals surface area contributed by atoms with Gasteiger partial charge in [0.05, 0.1) is 4.90 Å². The number of nitrogens with zero attached hydrogens (tertiary/aromatic N) is 2. The number of sulfonamides is 1. The number of piperazine rings is 1. The van der Waals surface area contributed by atoms with Gasteiger partial charge in [0.15, 0.2) is 0 Å². The molecule has 1 aromatic carbocycles. The fourth-order valence-corrected chi connectivity index (χ4v) is 4.43. The van der Waals surface area contributed by atoms with Crippen LogP contribution in [0.15, 0.2) is 29.2 Å². The van der Waals surface area contributed by atoms with Crippen molar-refractivity contribution >= 4 is 26.0 Å². The normalized spacial score (nSPS) is 25.8. The number of alkyl halides is 1. The second-order valence-corrected chi connectivity index (χ2v) is 7.96. The Morgan fingerprint density at radius 2 is 1.65 bits per heavy atom. The monoisotopic (exact) mass is 360 g/mol. The van der Waals surface area contributed by atoms with Crippen LogP contribution in [-0.2, 0) is 15.4 Å². The van der Waals surface area contributed by atoms with Gasteiger partial charge in [-0.15, -0.1) is 0 Å². The van der Waals surface area contributed by atoms with E-state index in [1.807, 2.05) is 19.2 Å². The first-order valence-electron chi connectivity index (χ1n) is 6.73. The third-order valence-corrected chi connectivity index (χ3v) is 6.54. The Morgan fingerprint density at radius 1 is 1.15 bits per heavy atom. The topological polar surface area (TPSA) is 40.6 Å². The highest BCUT2D eigenvalue weighted by atomic mass is 79.9. The van der Waals surface area contributed by atoms with E-state index in [4.69, 9.17) is 0 Å². The summed E-state index contributed by atoms with van der Waals surface area (Å²) in [5.41, 5.74) is 1.07. The summed E-state index contributed by atoms with van der Waals surface area (Å²) < 4.78 is 27.0. The minimum absolute atomic E-state index is 0.232. The molecule has 0 radical (unpaired) electrons. The molecule has 6 heteroatoms. The van der Waals surface area contributed by atoms with Crippen molar-refractivity contribution in [3.05, 3.63) is 29.8 Å². The van der Waals surface area contributed by atoms with Gasteiger partial charge in [0.2, 0.25) is 10.0 Å². The van der Waals surface area contributed by atoms with Gasteiger partial charge in [-0.1, -0.05) is 28.1 Å². The smallest absolute Gasteiger partial charge is 0.243 e. The van der Waals surface area contributed by atoms with Crippen LogP contribution in [0, 0.1) is 0 Å². The number of hydrogen-bond donors (Lipinski definition) is 0. The van der Waals surface area contributed by atoms with Crippen molar-refractivity contribution < 1.29 is 8.42 Å². The van der Waals surface area contributed by atoms with Crippen LogP contribution in [0.5, 0.6) is 0 Å². The lowest BCUT2D eigenvalue weighted by Crippen LogP contribution is -2.56. The first kappa shape index (κ1) is 15.9. The van der Waals surface area contributed by atoms with Crippen LogP contribution in [0.3, 0.4) is 0 Å². The first-order chi connectivity index (χ1) is 9.36. The molecule has 2 unspecified atom stereocenters. The first-order valence-corrected chi connectivity index (χ1v) is 9.29. The van der Waals surface area contributed by atoms with E-state index in [0.717, 1.165) is 10.9 Å². The maximum Gasteiger partial charge on any atom is 0.243 e. The van der Waals surface area contributed by atoms with Gasteiger partial charge in [-0.25, -0.2) is 8.42 Å². The van der Waals surface area contributed by atoms with Gasteiger partial charge in [0, 0.05) is 30.5 Å². The molecule has 20 heavy (non-hydrogen) atoms. The summed E-state index contributed by atoms with van der Waals surface area (Å²) in [5.74, 6) is 0. The van der Waals surface area contributed by atoms with Crippen LogP contribution in [0.2, 0.25) is 0 Å². The quantitative estimate of drug-likeness (QED) is 0.776. The molecule has 0 saturated carbocycles. The number of benzene rings is 1. The third kappa shape index (κ3) is 3.08. The Labute approximate surface area is 129 Å². The Balaban J connectivity index is 2.25. The molecule has 0 aromatic heterocycles. The molecule has 1 aliphatic heterocycles. The summed E-state index contributed by atoms with van der Waals surface area (Å²) >= 11 is 3.37. The van der Waals surface area contributed by atoms with Crippen molar-refractivity contribution in [1.82, 2.24) is 9.21 Å². The Hall–Kier alpha value is -0.430. The molecule has 1 aromatic rings. The van der Waals surface area contributed by atoms with Crippen LogP contribution in [0.25, 0.3) is 0 Å². The molecular formula is C14H21BrN2O2S. The predicted molar refractivity (Wildman–Crippen MR) is 84.5 cm³/mol. The maximum absolute atomic E-state index is 12.7. The summed E-state index contributed by atoms with van der Waals surface area (Å²) in [7, 11) is -1.34. The molecule has 112 valence electrons. The van der Waals surface area contributed by atoms with Crippen molar-refractivity contribution in [2.24, 2.45) is 0 Å². The van der Waals surface area contributed by atoms with Gasteiger partial charge in [-0.05, 0) is 38.6 Å². The molecule has 1 heterocycles. The van der Waals surface area contributed by atoms with Crippen molar-refractivity contribution in [2.45, 2.75) is 36.2 Å². The van der Waals surface area contributed by atoms with E-state index in [0.29, 0.717) is 18.0 Å². The fourth-order valence-electron chi connectivity index (χ4n) is 2.45. The average molecular weight is 361 g/mol. The lowest BCUT2D eigenvalue weighted by molar-refractivity contribution is 0.105. The Morgan fingerprint density at radius 3 is 2.10 bits per heavy atom. The average Bonchev–Trinajstić information content (AvgIpc) is 2.44. The number of halogens is 1. The summed E-state index contributed by atoms with van der Waals surface area (Å²) in [5, 5.41) is 0.732. The molecule has 4 nitrogen and oxygen atoms in total. The molecule has 0 bridgehead atoms. The third-order valence-electron chi connectivity index (χ3n) is 4.04. The summed E-state index contributed by atoms with van der Waals surface area (Å²) in [6.45, 7) is 5.21. The van der Waals surface area contributed by atoms with Crippen molar-refractivity contribution in [3.63, 3.8) is 0 Å². The van der Waals surface area contributed by atoms with E-state index in [1.54, 1.807) is 16.4 Å². The molecule has 2 atom stereocenters. The number of rotatable bonds is 3. The molecule has 0 amide bonds. The Bertz CT molecular complexity index is 547. The molecular weight excluding hydrogens is 340 g/mol.